The Hall–Kier alpha value is -2.18. The normalized spacial score (nSPS) is 19.2. The van der Waals surface area contributed by atoms with Crippen LogP contribution in [0.1, 0.15) is 6.42 Å². The van der Waals surface area contributed by atoms with Crippen LogP contribution in [0, 0.1) is 0 Å². The molecule has 1 fully saturated rings. The summed E-state index contributed by atoms with van der Waals surface area (Å²) in [5.41, 5.74) is 0. The monoisotopic (exact) mass is 212 g/mol. The number of hydrogen-bond acceptors (Lipinski definition) is 5. The number of rotatable bonds is 2. The quantitative estimate of drug-likeness (QED) is 0.531. The summed E-state index contributed by atoms with van der Waals surface area (Å²) in [6, 6.07) is 1.63. The summed E-state index contributed by atoms with van der Waals surface area (Å²) >= 11 is 0. The first-order valence-corrected chi connectivity index (χ1v) is 4.19. The van der Waals surface area contributed by atoms with E-state index in [-0.39, 0.29) is 12.3 Å². The first-order chi connectivity index (χ1) is 7.08. The Labute approximate surface area is 83.8 Å². The molecule has 0 aromatic carbocycles. The van der Waals surface area contributed by atoms with Gasteiger partial charge < -0.3 is 20.4 Å². The van der Waals surface area contributed by atoms with E-state index in [2.05, 4.69) is 10.2 Å². The number of hydrogen-bond donors (Lipinski definition) is 3. The van der Waals surface area contributed by atoms with Crippen molar-refractivity contribution in [3.8, 4) is 11.8 Å². The topological polar surface area (TPSA) is 101 Å². The van der Waals surface area contributed by atoms with Crippen molar-refractivity contribution in [1.29, 1.82) is 0 Å². The third-order valence-electron chi connectivity index (χ3n) is 1.99. The van der Waals surface area contributed by atoms with Gasteiger partial charge in [0.05, 0.1) is 6.42 Å². The van der Waals surface area contributed by atoms with Crippen molar-refractivity contribution in [2.45, 2.75) is 12.5 Å². The van der Waals surface area contributed by atoms with E-state index in [1.807, 2.05) is 0 Å². The molecule has 0 unspecified atom stereocenters. The molecule has 1 amide bonds. The van der Waals surface area contributed by atoms with Gasteiger partial charge in [-0.05, 0) is 0 Å². The zero-order valence-corrected chi connectivity index (χ0v) is 7.51. The van der Waals surface area contributed by atoms with E-state index in [0.29, 0.717) is 4.73 Å². The largest absolute Gasteiger partial charge is 0.492 e. The van der Waals surface area contributed by atoms with Gasteiger partial charge in [0.25, 0.3) is 0 Å². The van der Waals surface area contributed by atoms with Crippen LogP contribution in [0.5, 0.6) is 11.8 Å². The van der Waals surface area contributed by atoms with Crippen molar-refractivity contribution in [3.63, 3.8) is 0 Å². The number of aromatic hydroxyl groups is 2. The smallest absolute Gasteiger partial charge is 0.355 e. The van der Waals surface area contributed by atoms with Crippen LogP contribution >= 0.6 is 0 Å². The van der Waals surface area contributed by atoms with Crippen LogP contribution in [0.25, 0.3) is 0 Å². The van der Waals surface area contributed by atoms with E-state index in [9.17, 15) is 9.59 Å². The van der Waals surface area contributed by atoms with E-state index in [1.54, 1.807) is 0 Å². The number of carbonyl (C=O) groups excluding carboxylic acids is 2. The lowest BCUT2D eigenvalue weighted by atomic mass is 10.1. The fraction of sp³-hybridized carbons (Fsp3) is 0.250. The molecule has 1 aromatic rings. The Morgan fingerprint density at radius 2 is 2.00 bits per heavy atom. The molecular weight excluding hydrogens is 204 g/mol. The number of carbonyl (C=O) groups is 2. The van der Waals surface area contributed by atoms with Crippen molar-refractivity contribution in [3.05, 3.63) is 12.1 Å². The summed E-state index contributed by atoms with van der Waals surface area (Å²) < 4.78 is 0.576. The molecule has 1 aliphatic rings. The minimum absolute atomic E-state index is 0.0572. The van der Waals surface area contributed by atoms with Gasteiger partial charge in [-0.15, -0.1) is 4.73 Å². The van der Waals surface area contributed by atoms with Crippen LogP contribution < -0.4 is 10.2 Å². The van der Waals surface area contributed by atoms with Crippen LogP contribution in [-0.2, 0) is 9.59 Å². The fourth-order valence-electron chi connectivity index (χ4n) is 1.15. The number of nitrogens with zero attached hydrogens (tertiary/aromatic N) is 1. The highest BCUT2D eigenvalue weighted by Crippen LogP contribution is 2.19. The van der Waals surface area contributed by atoms with Crippen LogP contribution in [0.2, 0.25) is 0 Å². The molecule has 0 spiro atoms. The predicted octanol–water partition coefficient (Wildman–Crippen LogP) is -1.26. The van der Waals surface area contributed by atoms with E-state index < -0.39 is 23.8 Å². The molecule has 2 heterocycles. The summed E-state index contributed by atoms with van der Waals surface area (Å²) in [7, 11) is 0. The Balaban J connectivity index is 2.03. The highest BCUT2D eigenvalue weighted by Gasteiger charge is 2.34. The van der Waals surface area contributed by atoms with Crippen LogP contribution in [0.4, 0.5) is 0 Å². The van der Waals surface area contributed by atoms with E-state index >= 15 is 0 Å². The van der Waals surface area contributed by atoms with Gasteiger partial charge in [0.2, 0.25) is 17.7 Å². The molecule has 1 saturated heterocycles. The van der Waals surface area contributed by atoms with Gasteiger partial charge in [-0.1, -0.05) is 0 Å². The minimum Gasteiger partial charge on any atom is -0.492 e. The number of amides is 1. The van der Waals surface area contributed by atoms with Crippen LogP contribution in [0.3, 0.4) is 0 Å². The Morgan fingerprint density at radius 1 is 1.47 bits per heavy atom. The van der Waals surface area contributed by atoms with Crippen LogP contribution in [0.15, 0.2) is 12.1 Å². The molecule has 0 radical (unpaired) electrons. The lowest BCUT2D eigenvalue weighted by Gasteiger charge is -2.24. The standard InChI is InChI=1S/C8H8N2O5/c11-5-3-4(9-5)8(14)15-10-6(12)1-2-7(10)13/h1-2,4,12-13H,3H2,(H,9,11)/t4-/m0/s1. The third kappa shape index (κ3) is 1.58. The number of nitrogens with one attached hydrogen (secondary N) is 1. The third-order valence-corrected chi connectivity index (χ3v) is 1.99. The second kappa shape index (κ2) is 3.19. The Bertz CT molecular complexity index is 397. The number of β-lactam (4-membered cyclic amide) rings is 1. The van der Waals surface area contributed by atoms with Gasteiger partial charge in [-0.25, -0.2) is 4.79 Å². The molecule has 7 nitrogen and oxygen atoms in total. The predicted molar refractivity (Wildman–Crippen MR) is 45.9 cm³/mol. The first-order valence-electron chi connectivity index (χ1n) is 4.19. The van der Waals surface area contributed by atoms with E-state index in [0.717, 1.165) is 0 Å². The van der Waals surface area contributed by atoms with Gasteiger partial charge in [0, 0.05) is 12.1 Å². The van der Waals surface area contributed by atoms with Crippen molar-refractivity contribution in [2.75, 3.05) is 0 Å². The summed E-state index contributed by atoms with van der Waals surface area (Å²) in [6.07, 6.45) is 0.0572. The minimum atomic E-state index is -0.739. The lowest BCUT2D eigenvalue weighted by molar-refractivity contribution is -0.154. The van der Waals surface area contributed by atoms with Gasteiger partial charge >= 0.3 is 5.97 Å². The summed E-state index contributed by atoms with van der Waals surface area (Å²) in [5, 5.41) is 20.6. The average molecular weight is 212 g/mol. The van der Waals surface area contributed by atoms with Crippen molar-refractivity contribution >= 4 is 11.9 Å². The van der Waals surface area contributed by atoms with Gasteiger partial charge in [-0.2, -0.15) is 0 Å². The molecule has 15 heavy (non-hydrogen) atoms. The molecule has 0 aliphatic carbocycles. The molecule has 80 valence electrons. The number of aromatic nitrogens is 1. The molecule has 0 bridgehead atoms. The highest BCUT2D eigenvalue weighted by atomic mass is 16.7. The maximum Gasteiger partial charge on any atom is 0.355 e. The molecule has 1 atom stereocenters. The highest BCUT2D eigenvalue weighted by molar-refractivity contribution is 5.94. The Kier molecular flexibility index (Phi) is 2.00. The van der Waals surface area contributed by atoms with Crippen molar-refractivity contribution in [2.24, 2.45) is 0 Å². The maximum absolute atomic E-state index is 11.3. The fourth-order valence-corrected chi connectivity index (χ4v) is 1.15. The Morgan fingerprint density at radius 3 is 2.47 bits per heavy atom. The second-order valence-electron chi connectivity index (χ2n) is 3.08. The summed E-state index contributed by atoms with van der Waals surface area (Å²) in [4.78, 5) is 26.4. The summed E-state index contributed by atoms with van der Waals surface area (Å²) in [6.45, 7) is 0. The lowest BCUT2D eigenvalue weighted by Crippen LogP contribution is -2.55. The van der Waals surface area contributed by atoms with Gasteiger partial charge in [-0.3, -0.25) is 4.79 Å². The molecule has 7 heteroatoms. The zero-order chi connectivity index (χ0) is 11.0. The summed E-state index contributed by atoms with van der Waals surface area (Å²) in [5.74, 6) is -1.77. The second-order valence-corrected chi connectivity index (χ2v) is 3.08. The maximum atomic E-state index is 11.3. The molecular formula is C8H8N2O5. The van der Waals surface area contributed by atoms with Crippen LogP contribution in [-0.4, -0.2) is 32.9 Å². The van der Waals surface area contributed by atoms with E-state index in [4.69, 9.17) is 10.2 Å². The molecule has 1 aliphatic heterocycles. The molecule has 2 rings (SSSR count). The molecule has 0 saturated carbocycles. The van der Waals surface area contributed by atoms with Crippen molar-refractivity contribution in [1.82, 2.24) is 10.0 Å². The zero-order valence-electron chi connectivity index (χ0n) is 7.51. The van der Waals surface area contributed by atoms with Gasteiger partial charge in [0.1, 0.15) is 6.04 Å². The average Bonchev–Trinajstić information content (AvgIpc) is 2.44. The molecule has 3 N–H and O–H groups in total. The van der Waals surface area contributed by atoms with Crippen molar-refractivity contribution < 1.29 is 24.6 Å². The van der Waals surface area contributed by atoms with Gasteiger partial charge in [0.15, 0.2) is 0 Å². The molecule has 1 aromatic heterocycles. The SMILES string of the molecule is O=C1C[C@@H](C(=O)On2c(O)ccc2O)N1. The first kappa shape index (κ1) is 9.38. The van der Waals surface area contributed by atoms with E-state index in [1.165, 1.54) is 12.1 Å².